The molecule has 5 rings (SSSR count). The zero-order chi connectivity index (χ0) is 19.8. The number of aryl methyl sites for hydroxylation is 2. The molecule has 2 aliphatic heterocycles. The lowest BCUT2D eigenvalue weighted by Crippen LogP contribution is -2.22. The fourth-order valence-electron chi connectivity index (χ4n) is 4.51. The summed E-state index contributed by atoms with van der Waals surface area (Å²) >= 11 is 0. The van der Waals surface area contributed by atoms with Gasteiger partial charge in [0.05, 0.1) is 18.0 Å². The monoisotopic (exact) mass is 386 g/mol. The Kier molecular flexibility index (Phi) is 4.76. The van der Waals surface area contributed by atoms with Crippen molar-refractivity contribution in [2.75, 3.05) is 13.2 Å². The number of hydrogen-bond donors (Lipinski definition) is 0. The fraction of sp³-hybridized carbons (Fsp3) is 0.375. The van der Waals surface area contributed by atoms with E-state index in [2.05, 4.69) is 56.4 Å². The number of aromatic nitrogens is 3. The van der Waals surface area contributed by atoms with Gasteiger partial charge < -0.3 is 4.74 Å². The van der Waals surface area contributed by atoms with Gasteiger partial charge in [-0.05, 0) is 56.5 Å². The van der Waals surface area contributed by atoms with Gasteiger partial charge in [0.1, 0.15) is 11.6 Å². The summed E-state index contributed by atoms with van der Waals surface area (Å²) in [5, 5.41) is 0. The van der Waals surface area contributed by atoms with Gasteiger partial charge in [-0.15, -0.1) is 0 Å². The Labute approximate surface area is 171 Å². The molecule has 0 amide bonds. The van der Waals surface area contributed by atoms with Gasteiger partial charge in [0.2, 0.25) is 0 Å². The molecular weight excluding hydrogens is 360 g/mol. The van der Waals surface area contributed by atoms with Crippen LogP contribution in [0.15, 0.2) is 42.6 Å². The van der Waals surface area contributed by atoms with Gasteiger partial charge in [-0.25, -0.2) is 9.97 Å². The average Bonchev–Trinajstić information content (AvgIpc) is 3.36. The van der Waals surface area contributed by atoms with Crippen LogP contribution in [0.2, 0.25) is 0 Å². The topological polar surface area (TPSA) is 51.1 Å². The molecule has 5 heteroatoms. The summed E-state index contributed by atoms with van der Waals surface area (Å²) < 4.78 is 5.73. The molecule has 3 aromatic rings. The second-order valence-electron chi connectivity index (χ2n) is 8.08. The number of nitrogens with zero attached hydrogens (tertiary/aromatic N) is 4. The van der Waals surface area contributed by atoms with Gasteiger partial charge in [0.15, 0.2) is 0 Å². The van der Waals surface area contributed by atoms with Crippen molar-refractivity contribution in [3.8, 4) is 17.0 Å². The Morgan fingerprint density at radius 1 is 1.10 bits per heavy atom. The van der Waals surface area contributed by atoms with Crippen molar-refractivity contribution in [1.82, 2.24) is 19.9 Å². The largest absolute Gasteiger partial charge is 0.491 e. The Balaban J connectivity index is 1.33. The highest BCUT2D eigenvalue weighted by molar-refractivity contribution is 5.59. The Morgan fingerprint density at radius 3 is 2.79 bits per heavy atom. The standard InChI is InChI=1S/C24H26N4O/c1-16-12-22(27-17(2)26-16)19-7-5-18(6-8-19)15-28-10-3-4-23(28)20-13-24-21(25-14-20)9-11-29-24/h5-8,12-14,23H,3-4,9-11,15H2,1-2H3. The van der Waals surface area contributed by atoms with Crippen LogP contribution in [0.5, 0.6) is 5.75 Å². The van der Waals surface area contributed by atoms with Crippen molar-refractivity contribution < 1.29 is 4.74 Å². The number of hydrogen-bond acceptors (Lipinski definition) is 5. The minimum Gasteiger partial charge on any atom is -0.491 e. The summed E-state index contributed by atoms with van der Waals surface area (Å²) in [4.78, 5) is 16.2. The summed E-state index contributed by atoms with van der Waals surface area (Å²) in [5.74, 6) is 1.80. The molecule has 1 aromatic carbocycles. The summed E-state index contributed by atoms with van der Waals surface area (Å²) in [5.41, 5.74) is 6.85. The molecule has 0 radical (unpaired) electrons. The minimum atomic E-state index is 0.420. The molecule has 29 heavy (non-hydrogen) atoms. The molecule has 1 atom stereocenters. The molecule has 1 saturated heterocycles. The van der Waals surface area contributed by atoms with Crippen LogP contribution >= 0.6 is 0 Å². The number of likely N-dealkylation sites (tertiary alicyclic amines) is 1. The van der Waals surface area contributed by atoms with Crippen LogP contribution in [-0.4, -0.2) is 33.0 Å². The van der Waals surface area contributed by atoms with Crippen LogP contribution in [0.1, 0.15) is 47.2 Å². The Morgan fingerprint density at radius 2 is 1.97 bits per heavy atom. The summed E-state index contributed by atoms with van der Waals surface area (Å²) in [7, 11) is 0. The first kappa shape index (κ1) is 18.3. The maximum absolute atomic E-state index is 5.73. The molecule has 1 fully saturated rings. The van der Waals surface area contributed by atoms with E-state index in [1.54, 1.807) is 0 Å². The van der Waals surface area contributed by atoms with Crippen LogP contribution in [0.3, 0.4) is 0 Å². The SMILES string of the molecule is Cc1cc(-c2ccc(CN3CCCC3c3cnc4c(c3)OCC4)cc2)nc(C)n1. The van der Waals surface area contributed by atoms with Crippen LogP contribution in [0, 0.1) is 13.8 Å². The van der Waals surface area contributed by atoms with E-state index < -0.39 is 0 Å². The van der Waals surface area contributed by atoms with E-state index in [1.165, 1.54) is 24.0 Å². The lowest BCUT2D eigenvalue weighted by molar-refractivity contribution is 0.247. The van der Waals surface area contributed by atoms with E-state index in [0.29, 0.717) is 6.04 Å². The third-order valence-electron chi connectivity index (χ3n) is 5.90. The normalized spacial score (nSPS) is 18.6. The molecule has 148 valence electrons. The van der Waals surface area contributed by atoms with Crippen LogP contribution in [0.25, 0.3) is 11.3 Å². The van der Waals surface area contributed by atoms with Crippen molar-refractivity contribution in [3.05, 3.63) is 70.9 Å². The highest BCUT2D eigenvalue weighted by Crippen LogP contribution is 2.36. The highest BCUT2D eigenvalue weighted by atomic mass is 16.5. The number of rotatable bonds is 4. The first-order valence-corrected chi connectivity index (χ1v) is 10.4. The zero-order valence-corrected chi connectivity index (χ0v) is 17.1. The molecule has 4 heterocycles. The van der Waals surface area contributed by atoms with Gasteiger partial charge in [0, 0.05) is 36.5 Å². The van der Waals surface area contributed by atoms with E-state index >= 15 is 0 Å². The number of benzene rings is 1. The lowest BCUT2D eigenvalue weighted by Gasteiger charge is -2.25. The van der Waals surface area contributed by atoms with Crippen LogP contribution < -0.4 is 4.74 Å². The van der Waals surface area contributed by atoms with E-state index in [4.69, 9.17) is 4.74 Å². The van der Waals surface area contributed by atoms with Crippen molar-refractivity contribution in [2.45, 2.75) is 45.7 Å². The molecule has 0 bridgehead atoms. The minimum absolute atomic E-state index is 0.420. The molecule has 1 unspecified atom stereocenters. The zero-order valence-electron chi connectivity index (χ0n) is 17.1. The van der Waals surface area contributed by atoms with Gasteiger partial charge in [0.25, 0.3) is 0 Å². The smallest absolute Gasteiger partial charge is 0.141 e. The van der Waals surface area contributed by atoms with E-state index in [-0.39, 0.29) is 0 Å². The first-order valence-electron chi connectivity index (χ1n) is 10.4. The van der Waals surface area contributed by atoms with E-state index in [1.807, 2.05) is 19.9 Å². The van der Waals surface area contributed by atoms with Crippen LogP contribution in [0.4, 0.5) is 0 Å². The number of ether oxygens (including phenoxy) is 1. The Hall–Kier alpha value is -2.79. The van der Waals surface area contributed by atoms with Gasteiger partial charge in [-0.3, -0.25) is 9.88 Å². The molecule has 0 spiro atoms. The highest BCUT2D eigenvalue weighted by Gasteiger charge is 2.27. The molecule has 2 aromatic heterocycles. The molecule has 5 nitrogen and oxygen atoms in total. The third-order valence-corrected chi connectivity index (χ3v) is 5.90. The molecule has 0 aliphatic carbocycles. The first-order chi connectivity index (χ1) is 14.2. The third kappa shape index (κ3) is 3.75. The summed E-state index contributed by atoms with van der Waals surface area (Å²) in [6, 6.07) is 13.5. The molecule has 2 aliphatic rings. The maximum atomic E-state index is 5.73. The summed E-state index contributed by atoms with van der Waals surface area (Å²) in [6.45, 7) is 6.79. The van der Waals surface area contributed by atoms with Crippen molar-refractivity contribution in [2.24, 2.45) is 0 Å². The quantitative estimate of drug-likeness (QED) is 0.664. The van der Waals surface area contributed by atoms with Gasteiger partial charge in [-0.2, -0.15) is 0 Å². The summed E-state index contributed by atoms with van der Waals surface area (Å²) in [6.07, 6.45) is 5.39. The predicted octanol–water partition coefficient (Wildman–Crippen LogP) is 4.43. The lowest BCUT2D eigenvalue weighted by atomic mass is 10.0. The van der Waals surface area contributed by atoms with Crippen LogP contribution in [-0.2, 0) is 13.0 Å². The molecule has 0 saturated carbocycles. The van der Waals surface area contributed by atoms with Crippen molar-refractivity contribution in [3.63, 3.8) is 0 Å². The maximum Gasteiger partial charge on any atom is 0.141 e. The molecular formula is C24H26N4O. The van der Waals surface area contributed by atoms with E-state index in [0.717, 1.165) is 60.3 Å². The number of fused-ring (bicyclic) bond motifs is 1. The predicted molar refractivity (Wildman–Crippen MR) is 113 cm³/mol. The average molecular weight is 386 g/mol. The molecule has 0 N–H and O–H groups in total. The second-order valence-corrected chi connectivity index (χ2v) is 8.08. The number of pyridine rings is 1. The van der Waals surface area contributed by atoms with Crippen molar-refractivity contribution >= 4 is 0 Å². The van der Waals surface area contributed by atoms with Gasteiger partial charge >= 0.3 is 0 Å². The van der Waals surface area contributed by atoms with Crippen molar-refractivity contribution in [1.29, 1.82) is 0 Å². The Bertz CT molecular complexity index is 1010. The van der Waals surface area contributed by atoms with E-state index in [9.17, 15) is 0 Å². The second kappa shape index (κ2) is 7.56. The van der Waals surface area contributed by atoms with Gasteiger partial charge in [-0.1, -0.05) is 24.3 Å². The fourth-order valence-corrected chi connectivity index (χ4v) is 4.51.